The van der Waals surface area contributed by atoms with Gasteiger partial charge in [0.05, 0.1) is 5.56 Å². The molecule has 0 aliphatic carbocycles. The summed E-state index contributed by atoms with van der Waals surface area (Å²) in [4.78, 5) is 40.6. The van der Waals surface area contributed by atoms with E-state index >= 15 is 0 Å². The molecule has 2 amide bonds. The highest BCUT2D eigenvalue weighted by molar-refractivity contribution is 6.19. The molecule has 0 bridgehead atoms. The number of aliphatic hydroxyl groups is 1. The third-order valence-electron chi connectivity index (χ3n) is 4.59. The van der Waals surface area contributed by atoms with Crippen LogP contribution in [0.2, 0.25) is 0 Å². The Hall–Kier alpha value is -4.09. The highest BCUT2D eigenvalue weighted by Crippen LogP contribution is 2.32. The van der Waals surface area contributed by atoms with E-state index in [2.05, 4.69) is 4.98 Å². The lowest BCUT2D eigenvalue weighted by Gasteiger charge is -2.28. The summed E-state index contributed by atoms with van der Waals surface area (Å²) in [5.74, 6) is -3.51. The van der Waals surface area contributed by atoms with Crippen molar-refractivity contribution in [2.75, 3.05) is 13.1 Å². The maximum atomic E-state index is 12.8. The third kappa shape index (κ3) is 5.99. The Morgan fingerprint density at radius 3 is 2.61 bits per heavy atom. The number of amides is 2. The maximum absolute atomic E-state index is 12.8. The normalized spacial score (nSPS) is 14.3. The molecular weight excluding hydrogens is 447 g/mol. The lowest BCUT2D eigenvalue weighted by Crippen LogP contribution is -2.43. The topological polar surface area (TPSA) is 129 Å². The van der Waals surface area contributed by atoms with Crippen LogP contribution in [0.1, 0.15) is 17.5 Å². The Balaban J connectivity index is 1.66. The van der Waals surface area contributed by atoms with Crippen LogP contribution in [0, 0.1) is 0 Å². The maximum Gasteiger partial charge on any atom is 0.416 e. The summed E-state index contributed by atoms with van der Waals surface area (Å²) < 4.78 is 43.8. The number of carbonyl (C=O) groups is 3. The number of pyridine rings is 1. The highest BCUT2D eigenvalue weighted by Gasteiger charge is 2.32. The minimum absolute atomic E-state index is 0.00569. The van der Waals surface area contributed by atoms with Crippen LogP contribution in [-0.2, 0) is 27.1 Å². The number of benzene rings is 1. The molecule has 33 heavy (non-hydrogen) atoms. The van der Waals surface area contributed by atoms with Crippen molar-refractivity contribution in [1.29, 1.82) is 0 Å². The minimum Gasteiger partial charge on any atom is -0.511 e. The molecule has 0 atom stereocenters. The molecule has 9 nitrogen and oxygen atoms in total. The first kappa shape index (κ1) is 23.6. The molecule has 0 saturated heterocycles. The van der Waals surface area contributed by atoms with Gasteiger partial charge in [-0.05, 0) is 23.8 Å². The standard InChI is InChI=1S/C21H18F3N3O6/c22-21(23,24)13-2-1-3-14(8-13)33-16-5-4-12(9-25-16)11-27-7-6-15(28)18(20(27)32)19(31)26-10-17(29)30/h1-5,8-9,28H,6-7,10-11H2,(H,26,31)(H,29,30). The predicted octanol–water partition coefficient (Wildman–Crippen LogP) is 2.64. The Labute approximate surface area is 185 Å². The molecular formula is C21H18F3N3O6. The number of hydrogen-bond donors (Lipinski definition) is 3. The minimum atomic E-state index is -4.51. The zero-order chi connectivity index (χ0) is 24.2. The van der Waals surface area contributed by atoms with Crippen molar-refractivity contribution in [1.82, 2.24) is 15.2 Å². The SMILES string of the molecule is O=C(O)CNC(=O)C1=C(O)CCN(Cc2ccc(Oc3cccc(C(F)(F)F)c3)nc2)C1=O. The number of aromatic nitrogens is 1. The molecule has 3 rings (SSSR count). The summed E-state index contributed by atoms with van der Waals surface area (Å²) in [6, 6.07) is 7.29. The van der Waals surface area contributed by atoms with E-state index in [4.69, 9.17) is 9.84 Å². The Kier molecular flexibility index (Phi) is 6.85. The number of carboxylic acid groups (broad SMARTS) is 1. The average molecular weight is 465 g/mol. The van der Waals surface area contributed by atoms with E-state index in [0.717, 1.165) is 12.1 Å². The first-order chi connectivity index (χ1) is 15.5. The van der Waals surface area contributed by atoms with Crippen molar-refractivity contribution in [2.24, 2.45) is 0 Å². The van der Waals surface area contributed by atoms with Crippen LogP contribution in [-0.4, -0.2) is 51.0 Å². The number of alkyl halides is 3. The second-order valence-corrected chi connectivity index (χ2v) is 7.01. The van der Waals surface area contributed by atoms with Crippen molar-refractivity contribution in [3.63, 3.8) is 0 Å². The van der Waals surface area contributed by atoms with E-state index < -0.39 is 47.4 Å². The van der Waals surface area contributed by atoms with Crippen molar-refractivity contribution in [3.05, 3.63) is 65.1 Å². The van der Waals surface area contributed by atoms with Crippen molar-refractivity contribution < 1.29 is 42.5 Å². The molecule has 1 aromatic heterocycles. The first-order valence-corrected chi connectivity index (χ1v) is 9.56. The van der Waals surface area contributed by atoms with Crippen LogP contribution in [0.25, 0.3) is 0 Å². The van der Waals surface area contributed by atoms with Crippen molar-refractivity contribution >= 4 is 17.8 Å². The van der Waals surface area contributed by atoms with Gasteiger partial charge < -0.3 is 25.2 Å². The molecule has 2 aromatic rings. The number of carboxylic acids is 1. The number of nitrogens with one attached hydrogen (secondary N) is 1. The van der Waals surface area contributed by atoms with Gasteiger partial charge >= 0.3 is 12.1 Å². The van der Waals surface area contributed by atoms with E-state index in [1.165, 1.54) is 29.3 Å². The lowest BCUT2D eigenvalue weighted by molar-refractivity contribution is -0.138. The average Bonchev–Trinajstić information content (AvgIpc) is 2.75. The molecule has 0 radical (unpaired) electrons. The quantitative estimate of drug-likeness (QED) is 0.536. The van der Waals surface area contributed by atoms with Crippen molar-refractivity contribution in [3.8, 4) is 11.6 Å². The molecule has 1 aromatic carbocycles. The smallest absolute Gasteiger partial charge is 0.416 e. The van der Waals surface area contributed by atoms with Crippen LogP contribution in [0.15, 0.2) is 53.9 Å². The number of hydrogen-bond acceptors (Lipinski definition) is 6. The van der Waals surface area contributed by atoms with Gasteiger partial charge in [-0.15, -0.1) is 0 Å². The van der Waals surface area contributed by atoms with Gasteiger partial charge in [-0.1, -0.05) is 12.1 Å². The summed E-state index contributed by atoms with van der Waals surface area (Å²) in [6.07, 6.45) is -3.14. The Morgan fingerprint density at radius 2 is 1.97 bits per heavy atom. The van der Waals surface area contributed by atoms with Gasteiger partial charge in [0.2, 0.25) is 5.88 Å². The monoisotopic (exact) mass is 465 g/mol. The van der Waals surface area contributed by atoms with Gasteiger partial charge in [0, 0.05) is 31.8 Å². The molecule has 0 fully saturated rings. The van der Waals surface area contributed by atoms with Gasteiger partial charge in [-0.3, -0.25) is 14.4 Å². The fourth-order valence-corrected chi connectivity index (χ4v) is 3.01. The van der Waals surface area contributed by atoms with Gasteiger partial charge in [0.25, 0.3) is 11.8 Å². The fraction of sp³-hybridized carbons (Fsp3) is 0.238. The van der Waals surface area contributed by atoms with Crippen LogP contribution in [0.5, 0.6) is 11.6 Å². The molecule has 3 N–H and O–H groups in total. The fourth-order valence-electron chi connectivity index (χ4n) is 3.01. The molecule has 1 aliphatic heterocycles. The van der Waals surface area contributed by atoms with E-state index in [1.807, 2.05) is 5.32 Å². The molecule has 0 spiro atoms. The summed E-state index contributed by atoms with van der Waals surface area (Å²) in [5.41, 5.74) is -0.855. The predicted molar refractivity (Wildman–Crippen MR) is 106 cm³/mol. The first-order valence-electron chi connectivity index (χ1n) is 9.56. The van der Waals surface area contributed by atoms with Crippen LogP contribution >= 0.6 is 0 Å². The third-order valence-corrected chi connectivity index (χ3v) is 4.59. The molecule has 0 unspecified atom stereocenters. The summed E-state index contributed by atoms with van der Waals surface area (Å²) in [5, 5.41) is 20.6. The summed E-state index contributed by atoms with van der Waals surface area (Å²) in [7, 11) is 0. The Bertz CT molecular complexity index is 1100. The van der Waals surface area contributed by atoms with Crippen LogP contribution in [0.3, 0.4) is 0 Å². The summed E-state index contributed by atoms with van der Waals surface area (Å²) in [6.45, 7) is -0.568. The number of aliphatic carboxylic acids is 1. The molecule has 2 heterocycles. The van der Waals surface area contributed by atoms with Gasteiger partial charge in [-0.2, -0.15) is 13.2 Å². The number of nitrogens with zero attached hydrogens (tertiary/aromatic N) is 2. The van der Waals surface area contributed by atoms with E-state index in [1.54, 1.807) is 6.07 Å². The molecule has 12 heteroatoms. The number of carbonyl (C=O) groups excluding carboxylic acids is 2. The van der Waals surface area contributed by atoms with E-state index in [0.29, 0.717) is 5.56 Å². The molecule has 0 saturated carbocycles. The van der Waals surface area contributed by atoms with E-state index in [-0.39, 0.29) is 31.1 Å². The zero-order valence-electron chi connectivity index (χ0n) is 16.9. The largest absolute Gasteiger partial charge is 0.511 e. The lowest BCUT2D eigenvalue weighted by atomic mass is 10.1. The Morgan fingerprint density at radius 1 is 1.21 bits per heavy atom. The number of aliphatic hydroxyl groups excluding tert-OH is 1. The van der Waals surface area contributed by atoms with Crippen LogP contribution in [0.4, 0.5) is 13.2 Å². The summed E-state index contributed by atoms with van der Waals surface area (Å²) >= 11 is 0. The second kappa shape index (κ2) is 9.59. The number of halogens is 3. The van der Waals surface area contributed by atoms with Crippen molar-refractivity contribution in [2.45, 2.75) is 19.1 Å². The number of rotatable bonds is 7. The van der Waals surface area contributed by atoms with E-state index in [9.17, 15) is 32.7 Å². The molecule has 1 aliphatic rings. The number of ether oxygens (including phenoxy) is 1. The van der Waals surface area contributed by atoms with Gasteiger partial charge in [0.15, 0.2) is 0 Å². The highest BCUT2D eigenvalue weighted by atomic mass is 19.4. The van der Waals surface area contributed by atoms with Gasteiger partial charge in [0.1, 0.15) is 23.6 Å². The van der Waals surface area contributed by atoms with Gasteiger partial charge in [-0.25, -0.2) is 4.98 Å². The zero-order valence-corrected chi connectivity index (χ0v) is 16.9. The second-order valence-electron chi connectivity index (χ2n) is 7.01. The molecule has 174 valence electrons. The van der Waals surface area contributed by atoms with Crippen LogP contribution < -0.4 is 10.1 Å².